The summed E-state index contributed by atoms with van der Waals surface area (Å²) in [6, 6.07) is 29.2. The minimum atomic E-state index is -0.551. The van der Waals surface area contributed by atoms with Crippen LogP contribution >= 0.6 is 11.6 Å². The van der Waals surface area contributed by atoms with Crippen molar-refractivity contribution in [3.63, 3.8) is 0 Å². The molecular formula is C34H29ClN2O5. The van der Waals surface area contributed by atoms with E-state index in [-0.39, 0.29) is 11.6 Å². The number of esters is 1. The molecule has 0 radical (unpaired) electrons. The number of halogens is 1. The predicted molar refractivity (Wildman–Crippen MR) is 160 cm³/mol. The van der Waals surface area contributed by atoms with Crippen LogP contribution in [0.25, 0.3) is 0 Å². The monoisotopic (exact) mass is 580 g/mol. The first-order valence-electron chi connectivity index (χ1n) is 13.6. The molecule has 212 valence electrons. The number of carbonyl (C=O) groups excluding carboxylic acids is 1. The van der Waals surface area contributed by atoms with Crippen molar-refractivity contribution in [1.82, 2.24) is 0 Å². The number of hydrogen-bond donors (Lipinski definition) is 1. The van der Waals surface area contributed by atoms with E-state index in [1.54, 1.807) is 36.4 Å². The summed E-state index contributed by atoms with van der Waals surface area (Å²) in [5.74, 6) is 0.800. The Morgan fingerprint density at radius 2 is 1.71 bits per heavy atom. The molecule has 1 unspecified atom stereocenters. The van der Waals surface area contributed by atoms with Crippen LogP contribution in [0.5, 0.6) is 23.0 Å². The summed E-state index contributed by atoms with van der Waals surface area (Å²) in [6.07, 6.45) is 1.86. The number of unbranched alkanes of at least 4 members (excludes halogenated alkanes) is 1. The second-order valence-corrected chi connectivity index (χ2v) is 10.1. The molecule has 0 aliphatic carbocycles. The van der Waals surface area contributed by atoms with Crippen molar-refractivity contribution in [2.24, 2.45) is 5.73 Å². The van der Waals surface area contributed by atoms with E-state index >= 15 is 0 Å². The van der Waals surface area contributed by atoms with Gasteiger partial charge in [0.2, 0.25) is 5.88 Å². The molecule has 0 fully saturated rings. The summed E-state index contributed by atoms with van der Waals surface area (Å²) in [7, 11) is 0. The van der Waals surface area contributed by atoms with Crippen molar-refractivity contribution >= 4 is 17.6 Å². The number of rotatable bonds is 10. The van der Waals surface area contributed by atoms with Crippen molar-refractivity contribution in [3.05, 3.63) is 130 Å². The second kappa shape index (κ2) is 13.2. The van der Waals surface area contributed by atoms with Gasteiger partial charge < -0.3 is 24.7 Å². The van der Waals surface area contributed by atoms with Gasteiger partial charge in [0.25, 0.3) is 0 Å². The van der Waals surface area contributed by atoms with E-state index in [1.807, 2.05) is 54.6 Å². The molecular weight excluding hydrogens is 552 g/mol. The second-order valence-electron chi connectivity index (χ2n) is 9.70. The lowest BCUT2D eigenvalue weighted by Crippen LogP contribution is -2.21. The highest BCUT2D eigenvalue weighted by Gasteiger charge is 2.31. The maximum Gasteiger partial charge on any atom is 0.347 e. The van der Waals surface area contributed by atoms with E-state index in [1.165, 1.54) is 0 Å². The van der Waals surface area contributed by atoms with Crippen LogP contribution in [-0.4, -0.2) is 12.6 Å². The number of para-hydroxylation sites is 1. The number of ether oxygens (including phenoxy) is 4. The Labute approximate surface area is 249 Å². The minimum absolute atomic E-state index is 0.00351. The van der Waals surface area contributed by atoms with Crippen molar-refractivity contribution in [2.45, 2.75) is 32.3 Å². The fourth-order valence-electron chi connectivity index (χ4n) is 4.60. The lowest BCUT2D eigenvalue weighted by molar-refractivity contribution is 0.0730. The maximum absolute atomic E-state index is 13.0. The molecule has 2 N–H and O–H groups in total. The molecule has 1 atom stereocenters. The van der Waals surface area contributed by atoms with Crippen molar-refractivity contribution in [1.29, 1.82) is 5.26 Å². The van der Waals surface area contributed by atoms with Gasteiger partial charge in [-0.1, -0.05) is 67.4 Å². The normalized spacial score (nSPS) is 13.9. The Balaban J connectivity index is 1.35. The summed E-state index contributed by atoms with van der Waals surface area (Å²) in [4.78, 5) is 13.0. The van der Waals surface area contributed by atoms with Gasteiger partial charge in [-0.2, -0.15) is 5.26 Å². The van der Waals surface area contributed by atoms with Gasteiger partial charge in [0.15, 0.2) is 0 Å². The Morgan fingerprint density at radius 1 is 0.976 bits per heavy atom. The van der Waals surface area contributed by atoms with Crippen LogP contribution in [0.15, 0.2) is 102 Å². The Kier molecular flexibility index (Phi) is 8.96. The van der Waals surface area contributed by atoms with E-state index < -0.39 is 11.9 Å². The highest BCUT2D eigenvalue weighted by atomic mass is 35.5. The molecule has 5 rings (SSSR count). The fraction of sp³-hybridized carbons (Fsp3) is 0.176. The van der Waals surface area contributed by atoms with Crippen molar-refractivity contribution in [2.75, 3.05) is 6.61 Å². The van der Waals surface area contributed by atoms with Gasteiger partial charge in [0, 0.05) is 16.7 Å². The van der Waals surface area contributed by atoms with E-state index in [0.29, 0.717) is 46.6 Å². The van der Waals surface area contributed by atoms with Gasteiger partial charge >= 0.3 is 5.97 Å². The number of fused-ring (bicyclic) bond motifs is 1. The quantitative estimate of drug-likeness (QED) is 0.117. The van der Waals surface area contributed by atoms with Gasteiger partial charge in [0.1, 0.15) is 46.8 Å². The molecule has 4 aromatic rings. The largest absolute Gasteiger partial charge is 0.493 e. The molecule has 0 bridgehead atoms. The lowest BCUT2D eigenvalue weighted by Gasteiger charge is -2.27. The number of allylic oxidation sites excluding steroid dienone is 1. The van der Waals surface area contributed by atoms with Crippen LogP contribution in [0.2, 0.25) is 5.02 Å². The average molecular weight is 581 g/mol. The molecule has 42 heavy (non-hydrogen) atoms. The number of nitrogens with two attached hydrogens (primary N) is 1. The number of nitriles is 1. The summed E-state index contributed by atoms with van der Waals surface area (Å²) < 4.78 is 23.2. The van der Waals surface area contributed by atoms with Gasteiger partial charge in [-0.3, -0.25) is 0 Å². The summed E-state index contributed by atoms with van der Waals surface area (Å²) in [5.41, 5.74) is 9.35. The van der Waals surface area contributed by atoms with E-state index in [2.05, 4.69) is 13.0 Å². The van der Waals surface area contributed by atoms with Crippen LogP contribution in [0, 0.1) is 11.3 Å². The zero-order valence-electron chi connectivity index (χ0n) is 23.0. The maximum atomic E-state index is 13.0. The highest BCUT2D eigenvalue weighted by Crippen LogP contribution is 2.43. The third kappa shape index (κ3) is 6.51. The van der Waals surface area contributed by atoms with E-state index in [9.17, 15) is 10.1 Å². The molecule has 7 nitrogen and oxygen atoms in total. The molecule has 0 saturated carbocycles. The zero-order valence-corrected chi connectivity index (χ0v) is 23.8. The summed E-state index contributed by atoms with van der Waals surface area (Å²) in [6.45, 7) is 2.97. The van der Waals surface area contributed by atoms with E-state index in [4.69, 9.17) is 36.3 Å². The topological polar surface area (TPSA) is 104 Å². The summed E-state index contributed by atoms with van der Waals surface area (Å²) >= 11 is 5.96. The number of hydrogen-bond acceptors (Lipinski definition) is 7. The zero-order chi connectivity index (χ0) is 29.5. The third-order valence-corrected chi connectivity index (χ3v) is 7.05. The number of nitrogens with zero attached hydrogens (tertiary/aromatic N) is 1. The molecule has 1 aliphatic rings. The van der Waals surface area contributed by atoms with Gasteiger partial charge in [0.05, 0.1) is 12.5 Å². The SMILES string of the molecule is CCCCOc1ccccc1C(=O)Oc1ccc2c(c1)OC(N)=C(C#N)C2c1ccc(OCc2ccc(Cl)cc2)cc1. The van der Waals surface area contributed by atoms with Gasteiger partial charge in [-0.15, -0.1) is 0 Å². The number of carbonyl (C=O) groups is 1. The Bertz CT molecular complexity index is 1640. The molecule has 0 aromatic heterocycles. The molecule has 1 aliphatic heterocycles. The minimum Gasteiger partial charge on any atom is -0.493 e. The summed E-state index contributed by atoms with van der Waals surface area (Å²) in [5, 5.41) is 10.6. The number of benzene rings is 4. The van der Waals surface area contributed by atoms with Crippen LogP contribution in [0.4, 0.5) is 0 Å². The first-order chi connectivity index (χ1) is 20.5. The highest BCUT2D eigenvalue weighted by molar-refractivity contribution is 6.30. The lowest BCUT2D eigenvalue weighted by atomic mass is 9.83. The smallest absolute Gasteiger partial charge is 0.347 e. The first-order valence-corrected chi connectivity index (χ1v) is 14.0. The Morgan fingerprint density at radius 3 is 2.45 bits per heavy atom. The van der Waals surface area contributed by atoms with Crippen LogP contribution in [0.3, 0.4) is 0 Å². The standard InChI is InChI=1S/C34H29ClN2O5/c1-2-3-18-39-30-7-5-4-6-28(30)34(38)41-26-16-17-27-31(19-26)42-33(37)29(20-36)32(27)23-10-14-25(15-11-23)40-21-22-8-12-24(35)13-9-22/h4-17,19,32H,2-3,18,21,37H2,1H3. The third-order valence-electron chi connectivity index (χ3n) is 6.80. The van der Waals surface area contributed by atoms with Gasteiger partial charge in [-0.05, 0) is 60.0 Å². The molecule has 0 amide bonds. The fourth-order valence-corrected chi connectivity index (χ4v) is 4.72. The average Bonchev–Trinajstić information content (AvgIpc) is 3.00. The molecule has 4 aromatic carbocycles. The van der Waals surface area contributed by atoms with Gasteiger partial charge in [-0.25, -0.2) is 4.79 Å². The molecule has 0 saturated heterocycles. The first kappa shape index (κ1) is 28.6. The molecule has 8 heteroatoms. The molecule has 1 heterocycles. The van der Waals surface area contributed by atoms with Crippen LogP contribution in [-0.2, 0) is 6.61 Å². The van der Waals surface area contributed by atoms with Crippen molar-refractivity contribution < 1.29 is 23.7 Å². The predicted octanol–water partition coefficient (Wildman–Crippen LogP) is 7.54. The van der Waals surface area contributed by atoms with E-state index in [0.717, 1.165) is 29.5 Å². The molecule has 0 spiro atoms. The van der Waals surface area contributed by atoms with Crippen LogP contribution < -0.4 is 24.7 Å². The van der Waals surface area contributed by atoms with Crippen LogP contribution in [0.1, 0.15) is 52.7 Å². The Hall–Kier alpha value is -4.93. The van der Waals surface area contributed by atoms with Crippen molar-refractivity contribution in [3.8, 4) is 29.1 Å².